The van der Waals surface area contributed by atoms with Crippen LogP contribution in [0.25, 0.3) is 0 Å². The lowest BCUT2D eigenvalue weighted by Gasteiger charge is -2.19. The first-order chi connectivity index (χ1) is 7.77. The Labute approximate surface area is 99.6 Å². The van der Waals surface area contributed by atoms with Gasteiger partial charge in [-0.05, 0) is 19.0 Å². The van der Waals surface area contributed by atoms with Gasteiger partial charge in [0.1, 0.15) is 0 Å². The number of carbonyl (C=O) groups excluding carboxylic acids is 1. The van der Waals surface area contributed by atoms with Crippen molar-refractivity contribution >= 4 is 17.5 Å². The van der Waals surface area contributed by atoms with Gasteiger partial charge in [0.15, 0.2) is 0 Å². The lowest BCUT2D eigenvalue weighted by atomic mass is 10.2. The molecule has 1 aliphatic heterocycles. The summed E-state index contributed by atoms with van der Waals surface area (Å²) in [6.45, 7) is 3.35. The number of amides is 1. The Morgan fingerprint density at radius 2 is 2.25 bits per heavy atom. The van der Waals surface area contributed by atoms with Gasteiger partial charge in [0.05, 0.1) is 10.6 Å². The molecule has 1 N–H and O–H groups in total. The molecule has 0 unspecified atom stereocenters. The molecule has 1 aromatic rings. The SMILES string of the molecule is O=C(c1cncc(Cl)c1)N1CCCNCC1. The van der Waals surface area contributed by atoms with E-state index in [1.165, 1.54) is 6.20 Å². The van der Waals surface area contributed by atoms with Crippen LogP contribution in [-0.4, -0.2) is 42.0 Å². The molecule has 1 fully saturated rings. The quantitative estimate of drug-likeness (QED) is 0.800. The summed E-state index contributed by atoms with van der Waals surface area (Å²) in [5.41, 5.74) is 0.564. The normalized spacial score (nSPS) is 16.9. The summed E-state index contributed by atoms with van der Waals surface area (Å²) in [7, 11) is 0. The molecule has 4 nitrogen and oxygen atoms in total. The van der Waals surface area contributed by atoms with Gasteiger partial charge in [-0.25, -0.2) is 0 Å². The van der Waals surface area contributed by atoms with Crippen molar-refractivity contribution in [1.29, 1.82) is 0 Å². The van der Waals surface area contributed by atoms with Crippen LogP contribution in [0.2, 0.25) is 5.02 Å². The van der Waals surface area contributed by atoms with Gasteiger partial charge in [-0.15, -0.1) is 0 Å². The third-order valence-electron chi connectivity index (χ3n) is 2.58. The predicted molar refractivity (Wildman–Crippen MR) is 62.6 cm³/mol. The van der Waals surface area contributed by atoms with Gasteiger partial charge >= 0.3 is 0 Å². The number of hydrogen-bond acceptors (Lipinski definition) is 3. The van der Waals surface area contributed by atoms with Gasteiger partial charge in [0.25, 0.3) is 5.91 Å². The summed E-state index contributed by atoms with van der Waals surface area (Å²) >= 11 is 5.81. The first-order valence-electron chi connectivity index (χ1n) is 5.38. The van der Waals surface area contributed by atoms with Crippen LogP contribution < -0.4 is 5.32 Å². The number of aromatic nitrogens is 1. The van der Waals surface area contributed by atoms with Crippen molar-refractivity contribution in [3.05, 3.63) is 29.0 Å². The number of pyridine rings is 1. The minimum absolute atomic E-state index is 0.0127. The number of carbonyl (C=O) groups is 1. The lowest BCUT2D eigenvalue weighted by molar-refractivity contribution is 0.0766. The summed E-state index contributed by atoms with van der Waals surface area (Å²) in [4.78, 5) is 17.9. The summed E-state index contributed by atoms with van der Waals surface area (Å²) in [5.74, 6) is 0.0127. The number of nitrogens with zero attached hydrogens (tertiary/aromatic N) is 2. The maximum Gasteiger partial charge on any atom is 0.255 e. The van der Waals surface area contributed by atoms with E-state index in [0.717, 1.165) is 32.6 Å². The van der Waals surface area contributed by atoms with E-state index in [-0.39, 0.29) is 5.91 Å². The van der Waals surface area contributed by atoms with Crippen molar-refractivity contribution in [3.63, 3.8) is 0 Å². The Balaban J connectivity index is 2.11. The van der Waals surface area contributed by atoms with Crippen LogP contribution in [0, 0.1) is 0 Å². The third-order valence-corrected chi connectivity index (χ3v) is 2.79. The number of halogens is 1. The van der Waals surface area contributed by atoms with Gasteiger partial charge in [-0.1, -0.05) is 11.6 Å². The van der Waals surface area contributed by atoms with Gasteiger partial charge < -0.3 is 10.2 Å². The highest BCUT2D eigenvalue weighted by Crippen LogP contribution is 2.11. The molecule has 0 aromatic carbocycles. The fourth-order valence-corrected chi connectivity index (χ4v) is 1.93. The molecule has 0 radical (unpaired) electrons. The zero-order valence-corrected chi connectivity index (χ0v) is 9.70. The van der Waals surface area contributed by atoms with Crippen molar-refractivity contribution in [2.75, 3.05) is 26.2 Å². The fraction of sp³-hybridized carbons (Fsp3) is 0.455. The van der Waals surface area contributed by atoms with Crippen molar-refractivity contribution in [3.8, 4) is 0 Å². The molecule has 1 amide bonds. The maximum atomic E-state index is 12.1. The monoisotopic (exact) mass is 239 g/mol. The van der Waals surface area contributed by atoms with E-state index >= 15 is 0 Å². The first kappa shape index (κ1) is 11.4. The number of hydrogen-bond donors (Lipinski definition) is 1. The second-order valence-corrected chi connectivity index (χ2v) is 4.22. The molecule has 2 rings (SSSR count). The molecule has 1 saturated heterocycles. The Morgan fingerprint density at radius 3 is 3.06 bits per heavy atom. The fourth-order valence-electron chi connectivity index (χ4n) is 1.76. The zero-order chi connectivity index (χ0) is 11.4. The second-order valence-electron chi connectivity index (χ2n) is 3.79. The Morgan fingerprint density at radius 1 is 1.38 bits per heavy atom. The van der Waals surface area contributed by atoms with Crippen molar-refractivity contribution in [2.24, 2.45) is 0 Å². The van der Waals surface area contributed by atoms with Crippen LogP contribution in [0.3, 0.4) is 0 Å². The number of rotatable bonds is 1. The number of nitrogens with one attached hydrogen (secondary N) is 1. The van der Waals surface area contributed by atoms with Crippen LogP contribution >= 0.6 is 11.6 Å². The minimum atomic E-state index is 0.0127. The third kappa shape index (κ3) is 2.71. The predicted octanol–water partition coefficient (Wildman–Crippen LogP) is 1.17. The molecule has 0 atom stereocenters. The highest BCUT2D eigenvalue weighted by molar-refractivity contribution is 6.30. The molecule has 0 saturated carbocycles. The average Bonchev–Trinajstić information content (AvgIpc) is 2.56. The largest absolute Gasteiger partial charge is 0.337 e. The van der Waals surface area contributed by atoms with E-state index in [9.17, 15) is 4.79 Å². The van der Waals surface area contributed by atoms with E-state index in [4.69, 9.17) is 11.6 Å². The second kappa shape index (κ2) is 5.27. The minimum Gasteiger partial charge on any atom is -0.337 e. The molecule has 16 heavy (non-hydrogen) atoms. The summed E-state index contributed by atoms with van der Waals surface area (Å²) in [6.07, 6.45) is 4.08. The van der Waals surface area contributed by atoms with Crippen molar-refractivity contribution in [1.82, 2.24) is 15.2 Å². The Bertz CT molecular complexity index is 375. The van der Waals surface area contributed by atoms with Crippen LogP contribution in [0.4, 0.5) is 0 Å². The van der Waals surface area contributed by atoms with Gasteiger partial charge in [-0.3, -0.25) is 9.78 Å². The van der Waals surface area contributed by atoms with Gasteiger partial charge in [0.2, 0.25) is 0 Å². The molecule has 1 aromatic heterocycles. The summed E-state index contributed by atoms with van der Waals surface area (Å²) < 4.78 is 0. The van der Waals surface area contributed by atoms with E-state index in [2.05, 4.69) is 10.3 Å². The molecule has 2 heterocycles. The van der Waals surface area contributed by atoms with Crippen LogP contribution in [0.1, 0.15) is 16.8 Å². The molecule has 0 aliphatic carbocycles. The molecule has 5 heteroatoms. The molecule has 0 spiro atoms. The molecule has 86 valence electrons. The molecule has 0 bridgehead atoms. The molecule has 1 aliphatic rings. The highest BCUT2D eigenvalue weighted by atomic mass is 35.5. The molecular formula is C11H14ClN3O. The zero-order valence-electron chi connectivity index (χ0n) is 8.95. The van der Waals surface area contributed by atoms with Crippen LogP contribution in [0.5, 0.6) is 0 Å². The first-order valence-corrected chi connectivity index (χ1v) is 5.76. The average molecular weight is 240 g/mol. The Hall–Kier alpha value is -1.13. The van der Waals surface area contributed by atoms with Gasteiger partial charge in [-0.2, -0.15) is 0 Å². The van der Waals surface area contributed by atoms with E-state index in [0.29, 0.717) is 10.6 Å². The Kier molecular flexibility index (Phi) is 3.74. The standard InChI is InChI=1S/C11H14ClN3O/c12-10-6-9(7-14-8-10)11(16)15-4-1-2-13-3-5-15/h6-8,13H,1-5H2. The van der Waals surface area contributed by atoms with E-state index in [1.54, 1.807) is 12.3 Å². The smallest absolute Gasteiger partial charge is 0.255 e. The van der Waals surface area contributed by atoms with Crippen molar-refractivity contribution < 1.29 is 4.79 Å². The molecular weight excluding hydrogens is 226 g/mol. The summed E-state index contributed by atoms with van der Waals surface area (Å²) in [5, 5.41) is 3.76. The van der Waals surface area contributed by atoms with Crippen molar-refractivity contribution in [2.45, 2.75) is 6.42 Å². The van der Waals surface area contributed by atoms with E-state index in [1.807, 2.05) is 4.90 Å². The topological polar surface area (TPSA) is 45.2 Å². The van der Waals surface area contributed by atoms with Crippen LogP contribution in [0.15, 0.2) is 18.5 Å². The lowest BCUT2D eigenvalue weighted by Crippen LogP contribution is -2.34. The maximum absolute atomic E-state index is 12.1. The highest BCUT2D eigenvalue weighted by Gasteiger charge is 2.17. The van der Waals surface area contributed by atoms with E-state index < -0.39 is 0 Å². The summed E-state index contributed by atoms with van der Waals surface area (Å²) in [6, 6.07) is 1.66. The van der Waals surface area contributed by atoms with Crippen LogP contribution in [-0.2, 0) is 0 Å². The van der Waals surface area contributed by atoms with Gasteiger partial charge in [0, 0.05) is 32.0 Å².